The normalized spacial score (nSPS) is 15.9. The molecular formula is C13H19N3O2. The van der Waals surface area contributed by atoms with Gasteiger partial charge in [-0.3, -0.25) is 4.79 Å². The fraction of sp³-hybridized carbons (Fsp3) is 0.462. The van der Waals surface area contributed by atoms with Crippen LogP contribution >= 0.6 is 0 Å². The van der Waals surface area contributed by atoms with Crippen molar-refractivity contribution in [3.8, 4) is 5.75 Å². The molecule has 5 nitrogen and oxygen atoms in total. The molecule has 18 heavy (non-hydrogen) atoms. The molecule has 4 N–H and O–H groups in total. The first-order valence-corrected chi connectivity index (χ1v) is 6.10. The quantitative estimate of drug-likeness (QED) is 0.689. The Morgan fingerprint density at radius 2 is 2.17 bits per heavy atom. The molecule has 1 fully saturated rings. The number of nitrogen functional groups attached to an aromatic ring is 1. The van der Waals surface area contributed by atoms with Gasteiger partial charge in [-0.15, -0.1) is 0 Å². The largest absolute Gasteiger partial charge is 0.497 e. The smallest absolute Gasteiger partial charge is 0.242 e. The lowest BCUT2D eigenvalue weighted by Gasteiger charge is -2.16. The molecule has 0 spiro atoms. The number of amides is 1. The zero-order valence-corrected chi connectivity index (χ0v) is 10.7. The topological polar surface area (TPSA) is 76.4 Å². The highest BCUT2D eigenvalue weighted by molar-refractivity contribution is 5.85. The molecule has 1 saturated carbocycles. The summed E-state index contributed by atoms with van der Waals surface area (Å²) in [5.41, 5.74) is 7.14. The first-order valence-electron chi connectivity index (χ1n) is 6.10. The Hall–Kier alpha value is -1.91. The van der Waals surface area contributed by atoms with Crippen LogP contribution in [-0.2, 0) is 4.79 Å². The summed E-state index contributed by atoms with van der Waals surface area (Å²) in [6, 6.07) is 5.41. The van der Waals surface area contributed by atoms with Crippen molar-refractivity contribution in [1.29, 1.82) is 0 Å². The monoisotopic (exact) mass is 249 g/mol. The molecule has 98 valence electrons. The molecule has 0 radical (unpaired) electrons. The maximum Gasteiger partial charge on any atom is 0.242 e. The van der Waals surface area contributed by atoms with Crippen LogP contribution in [0.25, 0.3) is 0 Å². The highest BCUT2D eigenvalue weighted by atomic mass is 16.5. The van der Waals surface area contributed by atoms with Crippen molar-refractivity contribution < 1.29 is 9.53 Å². The van der Waals surface area contributed by atoms with Gasteiger partial charge in [-0.1, -0.05) is 0 Å². The van der Waals surface area contributed by atoms with Crippen LogP contribution in [0.5, 0.6) is 5.75 Å². The molecule has 1 amide bonds. The third-order valence-corrected chi connectivity index (χ3v) is 2.86. The molecule has 2 rings (SSSR count). The molecule has 1 unspecified atom stereocenters. The maximum absolute atomic E-state index is 11.8. The van der Waals surface area contributed by atoms with Gasteiger partial charge < -0.3 is 21.1 Å². The Morgan fingerprint density at radius 3 is 2.78 bits per heavy atom. The summed E-state index contributed by atoms with van der Waals surface area (Å²) in [7, 11) is 1.59. The molecule has 1 atom stereocenters. The standard InChI is InChI=1S/C13H19N3O2/c1-8(13(17)16-10-3-4-10)15-11-5-9(14)6-12(7-11)18-2/h5-8,10,15H,3-4,14H2,1-2H3,(H,16,17). The number of methoxy groups -OCH3 is 1. The zero-order chi connectivity index (χ0) is 13.1. The lowest BCUT2D eigenvalue weighted by Crippen LogP contribution is -2.38. The number of nitrogens with two attached hydrogens (primary N) is 1. The Morgan fingerprint density at radius 1 is 1.44 bits per heavy atom. The van der Waals surface area contributed by atoms with Crippen molar-refractivity contribution >= 4 is 17.3 Å². The van der Waals surface area contributed by atoms with E-state index >= 15 is 0 Å². The third-order valence-electron chi connectivity index (χ3n) is 2.86. The predicted molar refractivity (Wildman–Crippen MR) is 71.7 cm³/mol. The van der Waals surface area contributed by atoms with E-state index in [-0.39, 0.29) is 11.9 Å². The van der Waals surface area contributed by atoms with Crippen molar-refractivity contribution in [3.05, 3.63) is 18.2 Å². The van der Waals surface area contributed by atoms with Gasteiger partial charge in [-0.2, -0.15) is 0 Å². The Balaban J connectivity index is 1.98. The lowest BCUT2D eigenvalue weighted by molar-refractivity contribution is -0.121. The van der Waals surface area contributed by atoms with Gasteiger partial charge in [0, 0.05) is 29.5 Å². The predicted octanol–water partition coefficient (Wildman–Crippen LogP) is 1.36. The number of benzene rings is 1. The van der Waals surface area contributed by atoms with E-state index < -0.39 is 0 Å². The van der Waals surface area contributed by atoms with Crippen LogP contribution in [0.2, 0.25) is 0 Å². The molecule has 1 aliphatic carbocycles. The summed E-state index contributed by atoms with van der Waals surface area (Å²) < 4.78 is 5.13. The summed E-state index contributed by atoms with van der Waals surface area (Å²) in [5.74, 6) is 0.686. The summed E-state index contributed by atoms with van der Waals surface area (Å²) in [5, 5.41) is 6.07. The minimum Gasteiger partial charge on any atom is -0.497 e. The van der Waals surface area contributed by atoms with Crippen molar-refractivity contribution in [2.24, 2.45) is 0 Å². The molecule has 1 aromatic rings. The number of anilines is 2. The van der Waals surface area contributed by atoms with E-state index in [0.29, 0.717) is 17.5 Å². The molecule has 1 aliphatic rings. The number of hydrogen-bond acceptors (Lipinski definition) is 4. The second kappa shape index (κ2) is 5.16. The molecule has 0 heterocycles. The fourth-order valence-electron chi connectivity index (χ4n) is 1.69. The van der Waals surface area contributed by atoms with E-state index in [2.05, 4.69) is 10.6 Å². The molecule has 0 aromatic heterocycles. The minimum absolute atomic E-state index is 0.0129. The average Bonchev–Trinajstić information content (AvgIpc) is 3.11. The molecular weight excluding hydrogens is 230 g/mol. The number of hydrogen-bond donors (Lipinski definition) is 3. The Kier molecular flexibility index (Phi) is 3.60. The van der Waals surface area contributed by atoms with E-state index in [9.17, 15) is 4.79 Å². The zero-order valence-electron chi connectivity index (χ0n) is 10.7. The maximum atomic E-state index is 11.8. The Labute approximate surface area is 107 Å². The number of carbonyl (C=O) groups excluding carboxylic acids is 1. The van der Waals surface area contributed by atoms with E-state index in [1.54, 1.807) is 19.2 Å². The number of nitrogens with one attached hydrogen (secondary N) is 2. The van der Waals surface area contributed by atoms with Crippen molar-refractivity contribution in [2.45, 2.75) is 31.8 Å². The highest BCUT2D eigenvalue weighted by Crippen LogP contribution is 2.23. The van der Waals surface area contributed by atoms with Gasteiger partial charge in [-0.25, -0.2) is 0 Å². The molecule has 0 bridgehead atoms. The van der Waals surface area contributed by atoms with Crippen LogP contribution in [0, 0.1) is 0 Å². The summed E-state index contributed by atoms with van der Waals surface area (Å²) in [6.45, 7) is 1.83. The van der Waals surface area contributed by atoms with Crippen LogP contribution in [0.3, 0.4) is 0 Å². The molecule has 1 aromatic carbocycles. The summed E-state index contributed by atoms with van der Waals surface area (Å²) in [4.78, 5) is 11.8. The van der Waals surface area contributed by atoms with Crippen LogP contribution in [0.4, 0.5) is 11.4 Å². The molecule has 5 heteroatoms. The summed E-state index contributed by atoms with van der Waals surface area (Å²) in [6.07, 6.45) is 2.18. The third kappa shape index (κ3) is 3.29. The number of rotatable bonds is 5. The van der Waals surface area contributed by atoms with Gasteiger partial charge in [0.15, 0.2) is 0 Å². The van der Waals surface area contributed by atoms with Gasteiger partial charge in [0.05, 0.1) is 7.11 Å². The first kappa shape index (κ1) is 12.5. The first-order chi connectivity index (χ1) is 8.58. The van der Waals surface area contributed by atoms with E-state index in [0.717, 1.165) is 18.5 Å². The fourth-order valence-corrected chi connectivity index (χ4v) is 1.69. The van der Waals surface area contributed by atoms with Crippen LogP contribution in [0.1, 0.15) is 19.8 Å². The molecule has 0 aliphatic heterocycles. The van der Waals surface area contributed by atoms with E-state index in [1.807, 2.05) is 13.0 Å². The number of carbonyl (C=O) groups is 1. The second-order valence-corrected chi connectivity index (χ2v) is 4.64. The number of ether oxygens (including phenoxy) is 1. The minimum atomic E-state index is -0.294. The van der Waals surface area contributed by atoms with E-state index in [1.165, 1.54) is 0 Å². The van der Waals surface area contributed by atoms with Crippen LogP contribution < -0.4 is 21.1 Å². The highest BCUT2D eigenvalue weighted by Gasteiger charge is 2.25. The van der Waals surface area contributed by atoms with Gasteiger partial charge in [-0.05, 0) is 25.8 Å². The van der Waals surface area contributed by atoms with E-state index in [4.69, 9.17) is 10.5 Å². The SMILES string of the molecule is COc1cc(N)cc(NC(C)C(=O)NC2CC2)c1. The van der Waals surface area contributed by atoms with Crippen molar-refractivity contribution in [1.82, 2.24) is 5.32 Å². The van der Waals surface area contributed by atoms with Gasteiger partial charge in [0.25, 0.3) is 0 Å². The van der Waals surface area contributed by atoms with Gasteiger partial charge >= 0.3 is 0 Å². The summed E-state index contributed by atoms with van der Waals surface area (Å²) >= 11 is 0. The van der Waals surface area contributed by atoms with Crippen LogP contribution in [-0.4, -0.2) is 25.1 Å². The lowest BCUT2D eigenvalue weighted by atomic mass is 10.2. The average molecular weight is 249 g/mol. The molecule has 0 saturated heterocycles. The van der Waals surface area contributed by atoms with Crippen molar-refractivity contribution in [3.63, 3.8) is 0 Å². The van der Waals surface area contributed by atoms with Gasteiger partial charge in [0.1, 0.15) is 11.8 Å². The van der Waals surface area contributed by atoms with Crippen molar-refractivity contribution in [2.75, 3.05) is 18.2 Å². The Bertz CT molecular complexity index is 444. The van der Waals surface area contributed by atoms with Crippen LogP contribution in [0.15, 0.2) is 18.2 Å². The second-order valence-electron chi connectivity index (χ2n) is 4.64. The van der Waals surface area contributed by atoms with Gasteiger partial charge in [0.2, 0.25) is 5.91 Å².